The summed E-state index contributed by atoms with van der Waals surface area (Å²) in [6, 6.07) is 5.57. The molecule has 0 aromatic rings. The van der Waals surface area contributed by atoms with E-state index in [2.05, 4.69) is 94.7 Å². The van der Waals surface area contributed by atoms with Crippen molar-refractivity contribution in [1.82, 2.24) is 0 Å². The average Bonchev–Trinajstić information content (AvgIpc) is 2.93. The number of halogens is 2. The second kappa shape index (κ2) is 20.2. The van der Waals surface area contributed by atoms with Crippen molar-refractivity contribution in [2.75, 3.05) is 11.8 Å². The fourth-order valence-electron chi connectivity index (χ4n) is 6.50. The first-order valence-corrected chi connectivity index (χ1v) is 35.3. The van der Waals surface area contributed by atoms with Crippen molar-refractivity contribution < 1.29 is 17.8 Å². The van der Waals surface area contributed by atoms with Crippen molar-refractivity contribution in [3.63, 3.8) is 0 Å². The van der Waals surface area contributed by atoms with Crippen LogP contribution in [0.5, 0.6) is 0 Å². The topological polar surface area (TPSA) is 58.9 Å². The summed E-state index contributed by atoms with van der Waals surface area (Å²) in [4.78, 5) is 20.5. The SMILES string of the molecule is C=C(C)C[SiH-](C)(CCCCl)C(=C)C.CC[Si](C)(O)C(C)[Si](C)(O)C(C)C.CC[Si]1(C)O[Si](C)(CCCCl)O[Si](C)(C(C)C)C1C. The minimum atomic E-state index is -2.23. The standard InChI is InChI=1S/C13H31ClO2Si3.C11H22ClSi.C9H24O2Si2/c1-8-17(5)13(4)19(7,12(2)3)16-18(6,15-17)11-9-10-14;1-10(2)9-13(5,11(3)4)8-6-7-12;1-7-12(5,10)9(4)13(6,11)8(2)3/h12-13H,8-11H2,1-7H3;13H,1,3,6-9H2,2,4-5H3;8-11H,7H2,1-6H3/q;-1;. The Kier molecular flexibility index (Phi) is 21.6. The third-order valence-electron chi connectivity index (χ3n) is 11.9. The molecular weight excluding hydrogens is 700 g/mol. The second-order valence-electron chi connectivity index (χ2n) is 16.3. The van der Waals surface area contributed by atoms with Crippen LogP contribution < -0.4 is 0 Å². The van der Waals surface area contributed by atoms with Gasteiger partial charge in [-0.1, -0.05) is 55.4 Å². The predicted octanol–water partition coefficient (Wildman–Crippen LogP) is 11.8. The maximum absolute atomic E-state index is 10.3. The molecular formula is C33H77Cl2O4Si6-. The summed E-state index contributed by atoms with van der Waals surface area (Å²) in [6.07, 6.45) is 2.15. The van der Waals surface area contributed by atoms with E-state index in [0.717, 1.165) is 36.7 Å². The monoisotopic (exact) mass is 775 g/mol. The Morgan fingerprint density at radius 3 is 1.76 bits per heavy atom. The number of rotatable bonds is 15. The van der Waals surface area contributed by atoms with Gasteiger partial charge in [-0.2, -0.15) is 0 Å². The van der Waals surface area contributed by atoms with Crippen molar-refractivity contribution in [3.05, 3.63) is 23.9 Å². The molecule has 2 N–H and O–H groups in total. The molecule has 1 aliphatic rings. The van der Waals surface area contributed by atoms with Crippen LogP contribution in [0.2, 0.25) is 90.9 Å². The van der Waals surface area contributed by atoms with E-state index >= 15 is 0 Å². The summed E-state index contributed by atoms with van der Waals surface area (Å²) in [7, 11) is -11.3. The van der Waals surface area contributed by atoms with Crippen molar-refractivity contribution in [3.8, 4) is 0 Å². The number of hydrogen-bond acceptors (Lipinski definition) is 4. The van der Waals surface area contributed by atoms with Gasteiger partial charge in [0.1, 0.15) is 0 Å². The summed E-state index contributed by atoms with van der Waals surface area (Å²) < 4.78 is 13.5. The second-order valence-corrected chi connectivity index (χ2v) is 45.5. The minimum Gasteiger partial charge on any atom is -0.436 e. The Morgan fingerprint density at radius 2 is 1.42 bits per heavy atom. The maximum Gasteiger partial charge on any atom is 0.314 e. The van der Waals surface area contributed by atoms with Gasteiger partial charge in [0.15, 0.2) is 33.3 Å². The van der Waals surface area contributed by atoms with Gasteiger partial charge in [-0.25, -0.2) is 0 Å². The van der Waals surface area contributed by atoms with Crippen LogP contribution >= 0.6 is 23.2 Å². The normalized spacial score (nSPS) is 29.0. The molecule has 272 valence electrons. The van der Waals surface area contributed by atoms with Gasteiger partial charge in [-0.3, -0.25) is 0 Å². The van der Waals surface area contributed by atoms with Gasteiger partial charge in [-0.15, -0.1) is 11.6 Å². The van der Waals surface area contributed by atoms with Gasteiger partial charge >= 0.3 is 96.9 Å². The molecule has 0 aromatic heterocycles. The van der Waals surface area contributed by atoms with Gasteiger partial charge in [-0.05, 0) is 78.7 Å². The zero-order valence-electron chi connectivity index (χ0n) is 32.6. The first kappa shape index (κ1) is 48.3. The van der Waals surface area contributed by atoms with E-state index in [1.807, 2.05) is 26.9 Å². The molecule has 0 bridgehead atoms. The van der Waals surface area contributed by atoms with E-state index < -0.39 is 49.9 Å². The molecule has 1 aliphatic heterocycles. The van der Waals surface area contributed by atoms with Crippen LogP contribution in [0.1, 0.15) is 82.1 Å². The van der Waals surface area contributed by atoms with Gasteiger partial charge in [0.05, 0.1) is 0 Å². The van der Waals surface area contributed by atoms with Gasteiger partial charge < -0.3 is 17.8 Å². The Labute approximate surface area is 297 Å². The molecule has 0 aromatic carbocycles. The summed E-state index contributed by atoms with van der Waals surface area (Å²) >= 11 is 11.6. The minimum absolute atomic E-state index is 0.157. The Bertz CT molecular complexity index is 908. The molecule has 4 nitrogen and oxygen atoms in total. The molecule has 0 amide bonds. The number of alkyl halides is 2. The van der Waals surface area contributed by atoms with Crippen LogP contribution in [0.15, 0.2) is 23.9 Å². The molecule has 1 fully saturated rings. The summed E-state index contributed by atoms with van der Waals surface area (Å²) in [5, 5.41) is 2.23. The molecule has 7 unspecified atom stereocenters. The van der Waals surface area contributed by atoms with Crippen LogP contribution in [0.4, 0.5) is 0 Å². The molecule has 1 rings (SSSR count). The van der Waals surface area contributed by atoms with E-state index in [1.165, 1.54) is 28.9 Å². The van der Waals surface area contributed by atoms with Crippen LogP contribution in [0.3, 0.4) is 0 Å². The molecule has 7 atom stereocenters. The predicted molar refractivity (Wildman–Crippen MR) is 222 cm³/mol. The molecule has 0 saturated carbocycles. The van der Waals surface area contributed by atoms with Crippen LogP contribution in [0, 0.1) is 0 Å². The van der Waals surface area contributed by atoms with Crippen LogP contribution in [0.25, 0.3) is 0 Å². The maximum atomic E-state index is 10.3. The third-order valence-corrected chi connectivity index (χ3v) is 48.3. The summed E-state index contributed by atoms with van der Waals surface area (Å²) in [5.41, 5.74) is 2.28. The first-order valence-electron chi connectivity index (χ1n) is 17.7. The van der Waals surface area contributed by atoms with E-state index in [9.17, 15) is 9.59 Å². The first-order chi connectivity index (χ1) is 20.2. The quantitative estimate of drug-likeness (QED) is 0.0988. The van der Waals surface area contributed by atoms with E-state index in [1.54, 1.807) is 0 Å². The van der Waals surface area contributed by atoms with Crippen LogP contribution in [-0.2, 0) is 8.23 Å². The Balaban J connectivity index is 0. The van der Waals surface area contributed by atoms with E-state index in [4.69, 9.17) is 31.4 Å². The van der Waals surface area contributed by atoms with Gasteiger partial charge in [0, 0.05) is 5.88 Å². The third kappa shape index (κ3) is 14.5. The zero-order chi connectivity index (χ0) is 36.2. The summed E-state index contributed by atoms with van der Waals surface area (Å²) in [5.74, 6) is 1.49. The smallest absolute Gasteiger partial charge is 0.314 e. The molecule has 1 heterocycles. The zero-order valence-corrected chi connectivity index (χ0v) is 40.3. The van der Waals surface area contributed by atoms with Gasteiger partial charge in [0.25, 0.3) is 0 Å². The molecule has 0 radical (unpaired) electrons. The average molecular weight is 777 g/mol. The summed E-state index contributed by atoms with van der Waals surface area (Å²) in [6.45, 7) is 43.5. The van der Waals surface area contributed by atoms with Crippen molar-refractivity contribution in [2.24, 2.45) is 0 Å². The number of allylic oxidation sites excluding steroid dienone is 2. The van der Waals surface area contributed by atoms with Crippen molar-refractivity contribution in [1.29, 1.82) is 0 Å². The number of hydrogen-bond donors (Lipinski definition) is 2. The fraction of sp³-hybridized carbons (Fsp3) is 0.879. The van der Waals surface area contributed by atoms with E-state index in [0.29, 0.717) is 16.2 Å². The van der Waals surface area contributed by atoms with Crippen LogP contribution in [-0.4, -0.2) is 71.3 Å². The molecule has 0 aliphatic carbocycles. The molecule has 45 heavy (non-hydrogen) atoms. The molecule has 12 heteroatoms. The van der Waals surface area contributed by atoms with E-state index in [-0.39, 0.29) is 5.16 Å². The largest absolute Gasteiger partial charge is 0.436 e. The Morgan fingerprint density at radius 1 is 0.933 bits per heavy atom. The van der Waals surface area contributed by atoms with Crippen molar-refractivity contribution >= 4 is 73.1 Å². The fourth-order valence-corrected chi connectivity index (χ4v) is 41.1. The van der Waals surface area contributed by atoms with Crippen molar-refractivity contribution in [2.45, 2.75) is 173 Å². The Hall–Kier alpha value is 1.20. The van der Waals surface area contributed by atoms with Gasteiger partial charge in [0.2, 0.25) is 0 Å². The molecule has 0 spiro atoms. The molecule has 1 saturated heterocycles.